The van der Waals surface area contributed by atoms with Crippen molar-refractivity contribution in [2.45, 2.75) is 37.5 Å². The fraction of sp³-hybridized carbons (Fsp3) is 0.538. The Balaban J connectivity index is 0.000000963. The van der Waals surface area contributed by atoms with E-state index in [1.54, 1.807) is 5.56 Å². The second-order valence-electron chi connectivity index (χ2n) is 4.88. The van der Waals surface area contributed by atoms with E-state index < -0.39 is 0 Å². The molecule has 88 valence electrons. The molecule has 1 aliphatic heterocycles. The zero-order chi connectivity index (χ0) is 10.3. The minimum absolute atomic E-state index is 0. The SMILES string of the molecule is Brc1ccc2c(c1)C1(CCCCC1)CN2.Cl. The summed E-state index contributed by atoms with van der Waals surface area (Å²) < 4.78 is 1.22. The molecule has 1 heterocycles. The zero-order valence-electron chi connectivity index (χ0n) is 9.26. The lowest BCUT2D eigenvalue weighted by molar-refractivity contribution is 0.319. The first kappa shape index (κ1) is 12.3. The lowest BCUT2D eigenvalue weighted by Gasteiger charge is -2.33. The lowest BCUT2D eigenvalue weighted by Crippen LogP contribution is -2.30. The number of fused-ring (bicyclic) bond motifs is 2. The highest BCUT2D eigenvalue weighted by Crippen LogP contribution is 2.47. The molecular formula is C13H17BrClN. The van der Waals surface area contributed by atoms with Gasteiger partial charge in [0.15, 0.2) is 0 Å². The minimum Gasteiger partial charge on any atom is -0.384 e. The molecule has 0 radical (unpaired) electrons. The average molecular weight is 303 g/mol. The number of hydrogen-bond acceptors (Lipinski definition) is 1. The lowest BCUT2D eigenvalue weighted by atomic mass is 9.71. The first-order chi connectivity index (χ1) is 7.30. The maximum absolute atomic E-state index is 3.59. The quantitative estimate of drug-likeness (QED) is 0.744. The molecule has 0 unspecified atom stereocenters. The number of halogens is 2. The number of anilines is 1. The molecule has 0 aromatic heterocycles. The summed E-state index contributed by atoms with van der Waals surface area (Å²) in [6, 6.07) is 6.66. The third-order valence-corrected chi connectivity index (χ3v) is 4.47. The maximum atomic E-state index is 3.59. The van der Waals surface area contributed by atoms with Gasteiger partial charge in [0.1, 0.15) is 0 Å². The molecule has 3 heteroatoms. The molecule has 2 aliphatic rings. The third kappa shape index (κ3) is 1.86. The van der Waals surface area contributed by atoms with Crippen molar-refractivity contribution in [3.63, 3.8) is 0 Å². The van der Waals surface area contributed by atoms with Gasteiger partial charge >= 0.3 is 0 Å². The van der Waals surface area contributed by atoms with Gasteiger partial charge in [-0.15, -0.1) is 12.4 Å². The van der Waals surface area contributed by atoms with Gasteiger partial charge in [-0.3, -0.25) is 0 Å². The van der Waals surface area contributed by atoms with E-state index in [2.05, 4.69) is 39.4 Å². The Kier molecular flexibility index (Phi) is 3.50. The van der Waals surface area contributed by atoms with E-state index in [1.165, 1.54) is 42.3 Å². The molecule has 0 saturated heterocycles. The number of rotatable bonds is 0. The number of hydrogen-bond donors (Lipinski definition) is 1. The molecule has 0 amide bonds. The van der Waals surface area contributed by atoms with Crippen molar-refractivity contribution >= 4 is 34.0 Å². The van der Waals surface area contributed by atoms with Gasteiger partial charge in [0, 0.05) is 22.1 Å². The Labute approximate surface area is 112 Å². The van der Waals surface area contributed by atoms with Gasteiger partial charge in [0.2, 0.25) is 0 Å². The molecule has 1 saturated carbocycles. The fourth-order valence-corrected chi connectivity index (χ4v) is 3.50. The van der Waals surface area contributed by atoms with Crippen molar-refractivity contribution in [2.75, 3.05) is 11.9 Å². The van der Waals surface area contributed by atoms with E-state index in [9.17, 15) is 0 Å². The molecular weight excluding hydrogens is 286 g/mol. The van der Waals surface area contributed by atoms with Gasteiger partial charge in [-0.25, -0.2) is 0 Å². The van der Waals surface area contributed by atoms with Crippen molar-refractivity contribution in [1.29, 1.82) is 0 Å². The second kappa shape index (κ2) is 4.58. The molecule has 1 N–H and O–H groups in total. The summed E-state index contributed by atoms with van der Waals surface area (Å²) in [7, 11) is 0. The number of benzene rings is 1. The van der Waals surface area contributed by atoms with Crippen LogP contribution in [-0.2, 0) is 5.41 Å². The summed E-state index contributed by atoms with van der Waals surface area (Å²) in [5.74, 6) is 0. The van der Waals surface area contributed by atoms with Crippen molar-refractivity contribution in [3.8, 4) is 0 Å². The van der Waals surface area contributed by atoms with Gasteiger partial charge in [0.25, 0.3) is 0 Å². The zero-order valence-corrected chi connectivity index (χ0v) is 11.7. The van der Waals surface area contributed by atoms with Gasteiger partial charge in [-0.05, 0) is 36.6 Å². The van der Waals surface area contributed by atoms with Crippen molar-refractivity contribution in [1.82, 2.24) is 0 Å². The first-order valence-electron chi connectivity index (χ1n) is 5.84. The summed E-state index contributed by atoms with van der Waals surface area (Å²) in [6.07, 6.45) is 6.94. The standard InChI is InChI=1S/C13H16BrN.ClH/c14-10-4-5-12-11(8-10)13(9-15-12)6-2-1-3-7-13;/h4-5,8,15H,1-3,6-7,9H2;1H. The Morgan fingerprint density at radius 2 is 1.88 bits per heavy atom. The van der Waals surface area contributed by atoms with Crippen LogP contribution in [0, 0.1) is 0 Å². The van der Waals surface area contributed by atoms with Crippen LogP contribution in [0.3, 0.4) is 0 Å². The van der Waals surface area contributed by atoms with Gasteiger partial charge in [-0.2, -0.15) is 0 Å². The summed E-state index contributed by atoms with van der Waals surface area (Å²) in [5.41, 5.74) is 3.37. The predicted molar refractivity (Wildman–Crippen MR) is 74.6 cm³/mol. The molecule has 0 atom stereocenters. The van der Waals surface area contributed by atoms with Crippen LogP contribution in [0.1, 0.15) is 37.7 Å². The van der Waals surface area contributed by atoms with Crippen molar-refractivity contribution < 1.29 is 0 Å². The van der Waals surface area contributed by atoms with Crippen LogP contribution < -0.4 is 5.32 Å². The molecule has 1 fully saturated rings. The molecule has 1 nitrogen and oxygen atoms in total. The molecule has 16 heavy (non-hydrogen) atoms. The molecule has 1 spiro atoms. The van der Waals surface area contributed by atoms with Crippen LogP contribution in [-0.4, -0.2) is 6.54 Å². The summed E-state index contributed by atoms with van der Waals surface area (Å²) in [6.45, 7) is 1.15. The van der Waals surface area contributed by atoms with E-state index >= 15 is 0 Å². The van der Waals surface area contributed by atoms with E-state index in [0.717, 1.165) is 6.54 Å². The second-order valence-corrected chi connectivity index (χ2v) is 5.80. The fourth-order valence-electron chi connectivity index (χ4n) is 3.14. The highest BCUT2D eigenvalue weighted by Gasteiger charge is 2.39. The summed E-state index contributed by atoms with van der Waals surface area (Å²) in [4.78, 5) is 0. The van der Waals surface area contributed by atoms with Crippen LogP contribution in [0.5, 0.6) is 0 Å². The smallest absolute Gasteiger partial charge is 0.0380 e. The van der Waals surface area contributed by atoms with Crippen molar-refractivity contribution in [3.05, 3.63) is 28.2 Å². The largest absolute Gasteiger partial charge is 0.384 e. The Morgan fingerprint density at radius 3 is 2.62 bits per heavy atom. The Morgan fingerprint density at radius 1 is 1.12 bits per heavy atom. The summed E-state index contributed by atoms with van der Waals surface area (Å²) >= 11 is 3.59. The van der Waals surface area contributed by atoms with E-state index in [4.69, 9.17) is 0 Å². The number of nitrogens with one attached hydrogen (secondary N) is 1. The summed E-state index contributed by atoms with van der Waals surface area (Å²) in [5, 5.41) is 3.57. The Hall–Kier alpha value is -0.210. The molecule has 3 rings (SSSR count). The van der Waals surface area contributed by atoms with E-state index in [1.807, 2.05) is 0 Å². The maximum Gasteiger partial charge on any atom is 0.0380 e. The van der Waals surface area contributed by atoms with Gasteiger partial charge < -0.3 is 5.32 Å². The highest BCUT2D eigenvalue weighted by atomic mass is 79.9. The molecule has 1 aromatic rings. The highest BCUT2D eigenvalue weighted by molar-refractivity contribution is 9.10. The minimum atomic E-state index is 0. The molecule has 1 aliphatic carbocycles. The van der Waals surface area contributed by atoms with Crippen LogP contribution >= 0.6 is 28.3 Å². The first-order valence-corrected chi connectivity index (χ1v) is 6.63. The van der Waals surface area contributed by atoms with Gasteiger partial charge in [-0.1, -0.05) is 35.2 Å². The van der Waals surface area contributed by atoms with E-state index in [0.29, 0.717) is 5.41 Å². The molecule has 0 bridgehead atoms. The Bertz CT molecular complexity index is 380. The normalized spacial score (nSPS) is 21.1. The van der Waals surface area contributed by atoms with Gasteiger partial charge in [0.05, 0.1) is 0 Å². The van der Waals surface area contributed by atoms with Crippen LogP contribution in [0.15, 0.2) is 22.7 Å². The van der Waals surface area contributed by atoms with E-state index in [-0.39, 0.29) is 12.4 Å². The van der Waals surface area contributed by atoms with Crippen LogP contribution in [0.2, 0.25) is 0 Å². The third-order valence-electron chi connectivity index (χ3n) is 3.98. The predicted octanol–water partition coefficient (Wildman–Crippen LogP) is 4.50. The topological polar surface area (TPSA) is 12.0 Å². The van der Waals surface area contributed by atoms with Crippen molar-refractivity contribution in [2.24, 2.45) is 0 Å². The van der Waals surface area contributed by atoms with Crippen LogP contribution in [0.4, 0.5) is 5.69 Å². The molecule has 1 aromatic carbocycles. The average Bonchev–Trinajstić information content (AvgIpc) is 2.59. The monoisotopic (exact) mass is 301 g/mol. The van der Waals surface area contributed by atoms with Crippen LogP contribution in [0.25, 0.3) is 0 Å².